The van der Waals surface area contributed by atoms with Gasteiger partial charge >= 0.3 is 0 Å². The number of hydrogen-bond acceptors (Lipinski definition) is 6. The second kappa shape index (κ2) is 4.89. The van der Waals surface area contributed by atoms with Gasteiger partial charge in [0.15, 0.2) is 5.13 Å². The zero-order chi connectivity index (χ0) is 10.6. The Balaban J connectivity index is 2.43. The molecule has 5 N–H and O–H groups in total. The van der Waals surface area contributed by atoms with E-state index in [1.165, 1.54) is 16.7 Å². The molecule has 14 heavy (non-hydrogen) atoms. The molecule has 0 aliphatic rings. The standard InChI is InChI=1S/C7H11N3O3S/c8-7-10-5(3-14-7)6(13)9-1-4(12)2-11/h3-4,11-12H,1-2H2,(H2,8,10)(H,9,13). The van der Waals surface area contributed by atoms with E-state index in [9.17, 15) is 4.79 Å². The molecule has 1 heterocycles. The Morgan fingerprint density at radius 1 is 1.79 bits per heavy atom. The van der Waals surface area contributed by atoms with E-state index in [0.29, 0.717) is 5.13 Å². The summed E-state index contributed by atoms with van der Waals surface area (Å²) in [4.78, 5) is 15.0. The van der Waals surface area contributed by atoms with E-state index >= 15 is 0 Å². The maximum Gasteiger partial charge on any atom is 0.270 e. The van der Waals surface area contributed by atoms with E-state index in [0.717, 1.165) is 0 Å². The molecule has 1 unspecified atom stereocenters. The minimum Gasteiger partial charge on any atom is -0.394 e. The van der Waals surface area contributed by atoms with Gasteiger partial charge in [0.25, 0.3) is 5.91 Å². The molecule has 0 aromatic carbocycles. The topological polar surface area (TPSA) is 108 Å². The molecule has 0 saturated heterocycles. The van der Waals surface area contributed by atoms with Crippen LogP contribution in [0.1, 0.15) is 10.5 Å². The van der Waals surface area contributed by atoms with Crippen molar-refractivity contribution in [2.75, 3.05) is 18.9 Å². The molecule has 0 fully saturated rings. The Morgan fingerprint density at radius 2 is 2.50 bits per heavy atom. The van der Waals surface area contributed by atoms with Gasteiger partial charge in [-0.05, 0) is 0 Å². The van der Waals surface area contributed by atoms with Crippen molar-refractivity contribution in [3.05, 3.63) is 11.1 Å². The third kappa shape index (κ3) is 2.95. The summed E-state index contributed by atoms with van der Waals surface area (Å²) < 4.78 is 0. The largest absolute Gasteiger partial charge is 0.394 e. The average Bonchev–Trinajstić information content (AvgIpc) is 2.60. The highest BCUT2D eigenvalue weighted by atomic mass is 32.1. The predicted octanol–water partition coefficient (Wildman–Crippen LogP) is -1.19. The van der Waals surface area contributed by atoms with Crippen molar-refractivity contribution in [3.8, 4) is 0 Å². The summed E-state index contributed by atoms with van der Waals surface area (Å²) in [6, 6.07) is 0. The molecule has 7 heteroatoms. The van der Waals surface area contributed by atoms with Crippen molar-refractivity contribution in [2.24, 2.45) is 0 Å². The number of amides is 1. The number of aromatic nitrogens is 1. The van der Waals surface area contributed by atoms with Gasteiger partial charge in [-0.1, -0.05) is 0 Å². The Morgan fingerprint density at radius 3 is 3.00 bits per heavy atom. The summed E-state index contributed by atoms with van der Waals surface area (Å²) in [5.41, 5.74) is 5.56. The highest BCUT2D eigenvalue weighted by Gasteiger charge is 2.10. The second-order valence-corrected chi connectivity index (χ2v) is 3.51. The van der Waals surface area contributed by atoms with E-state index in [2.05, 4.69) is 10.3 Å². The van der Waals surface area contributed by atoms with Gasteiger partial charge in [0.2, 0.25) is 0 Å². The molecule has 1 aromatic heterocycles. The number of anilines is 1. The summed E-state index contributed by atoms with van der Waals surface area (Å²) in [6.07, 6.45) is -0.949. The van der Waals surface area contributed by atoms with Crippen LogP contribution in [0.5, 0.6) is 0 Å². The maximum atomic E-state index is 11.3. The quantitative estimate of drug-likeness (QED) is 0.507. The van der Waals surface area contributed by atoms with Crippen LogP contribution < -0.4 is 11.1 Å². The fraction of sp³-hybridized carbons (Fsp3) is 0.429. The fourth-order valence-corrected chi connectivity index (χ4v) is 1.30. The highest BCUT2D eigenvalue weighted by molar-refractivity contribution is 7.13. The van der Waals surface area contributed by atoms with E-state index in [-0.39, 0.29) is 18.8 Å². The van der Waals surface area contributed by atoms with Gasteiger partial charge in [0.1, 0.15) is 5.69 Å². The number of aliphatic hydroxyl groups excluding tert-OH is 2. The molecule has 0 radical (unpaired) electrons. The Hall–Kier alpha value is -1.18. The van der Waals surface area contributed by atoms with E-state index in [1.54, 1.807) is 0 Å². The second-order valence-electron chi connectivity index (χ2n) is 2.62. The lowest BCUT2D eigenvalue weighted by Gasteiger charge is -2.07. The van der Waals surface area contributed by atoms with Crippen LogP contribution in [0.15, 0.2) is 5.38 Å². The molecule has 0 saturated carbocycles. The zero-order valence-corrected chi connectivity index (χ0v) is 8.12. The van der Waals surface area contributed by atoms with Crippen molar-refractivity contribution >= 4 is 22.4 Å². The number of carbonyl (C=O) groups excluding carboxylic acids is 1. The highest BCUT2D eigenvalue weighted by Crippen LogP contribution is 2.10. The Kier molecular flexibility index (Phi) is 3.81. The molecule has 1 atom stereocenters. The van der Waals surface area contributed by atoms with Crippen LogP contribution in [0.3, 0.4) is 0 Å². The number of rotatable bonds is 4. The molecule has 0 aliphatic heterocycles. The summed E-state index contributed by atoms with van der Waals surface area (Å²) in [7, 11) is 0. The van der Waals surface area contributed by atoms with Gasteiger partial charge in [-0.3, -0.25) is 4.79 Å². The first-order valence-corrected chi connectivity index (χ1v) is 4.79. The Bertz CT molecular complexity index is 315. The van der Waals surface area contributed by atoms with Crippen molar-refractivity contribution in [1.82, 2.24) is 10.3 Å². The fourth-order valence-electron chi connectivity index (χ4n) is 0.758. The van der Waals surface area contributed by atoms with Gasteiger partial charge in [-0.15, -0.1) is 11.3 Å². The molecular weight excluding hydrogens is 206 g/mol. The van der Waals surface area contributed by atoms with Crippen LogP contribution in [0, 0.1) is 0 Å². The SMILES string of the molecule is Nc1nc(C(=O)NCC(O)CO)cs1. The minimum absolute atomic E-state index is 0.00718. The van der Waals surface area contributed by atoms with Crippen LogP contribution in [0.4, 0.5) is 5.13 Å². The van der Waals surface area contributed by atoms with Gasteiger partial charge < -0.3 is 21.3 Å². The van der Waals surface area contributed by atoms with Crippen LogP contribution >= 0.6 is 11.3 Å². The molecule has 0 bridgehead atoms. The number of hydrogen-bond donors (Lipinski definition) is 4. The van der Waals surface area contributed by atoms with Gasteiger partial charge in [0, 0.05) is 11.9 Å². The van der Waals surface area contributed by atoms with Crippen molar-refractivity contribution in [1.29, 1.82) is 0 Å². The average molecular weight is 217 g/mol. The van der Waals surface area contributed by atoms with Crippen molar-refractivity contribution in [3.63, 3.8) is 0 Å². The Labute approximate surface area is 84.4 Å². The van der Waals surface area contributed by atoms with Crippen LogP contribution in [0.2, 0.25) is 0 Å². The molecule has 1 rings (SSSR count). The molecule has 78 valence electrons. The number of carbonyl (C=O) groups is 1. The molecular formula is C7H11N3O3S. The van der Waals surface area contributed by atoms with Crippen LogP contribution in [-0.4, -0.2) is 40.4 Å². The molecule has 6 nitrogen and oxygen atoms in total. The lowest BCUT2D eigenvalue weighted by atomic mass is 10.3. The number of aliphatic hydroxyl groups is 2. The summed E-state index contributed by atoms with van der Waals surface area (Å²) in [5.74, 6) is -0.412. The van der Waals surface area contributed by atoms with E-state index in [4.69, 9.17) is 15.9 Å². The monoisotopic (exact) mass is 217 g/mol. The molecule has 1 aromatic rings. The summed E-state index contributed by atoms with van der Waals surface area (Å²) in [5, 5.41) is 21.7. The number of nitrogen functional groups attached to an aromatic ring is 1. The van der Waals surface area contributed by atoms with E-state index in [1.807, 2.05) is 0 Å². The first-order valence-electron chi connectivity index (χ1n) is 3.91. The zero-order valence-electron chi connectivity index (χ0n) is 7.30. The molecule has 1 amide bonds. The minimum atomic E-state index is -0.949. The summed E-state index contributed by atoms with van der Waals surface area (Å²) >= 11 is 1.17. The third-order valence-corrected chi connectivity index (χ3v) is 2.14. The third-order valence-electron chi connectivity index (χ3n) is 1.46. The maximum absolute atomic E-state index is 11.3. The smallest absolute Gasteiger partial charge is 0.270 e. The molecule has 0 aliphatic carbocycles. The van der Waals surface area contributed by atoms with E-state index < -0.39 is 12.0 Å². The van der Waals surface area contributed by atoms with Gasteiger partial charge in [-0.25, -0.2) is 4.98 Å². The van der Waals surface area contributed by atoms with Gasteiger partial charge in [0.05, 0.1) is 12.7 Å². The lowest BCUT2D eigenvalue weighted by Crippen LogP contribution is -2.34. The number of nitrogens with two attached hydrogens (primary N) is 1. The first-order chi connectivity index (χ1) is 6.63. The van der Waals surface area contributed by atoms with Crippen molar-refractivity contribution in [2.45, 2.75) is 6.10 Å². The molecule has 0 spiro atoms. The number of thiazole rings is 1. The predicted molar refractivity (Wildman–Crippen MR) is 52.0 cm³/mol. The number of nitrogens with zero attached hydrogens (tertiary/aromatic N) is 1. The van der Waals surface area contributed by atoms with Crippen LogP contribution in [0.25, 0.3) is 0 Å². The normalized spacial score (nSPS) is 12.4. The summed E-state index contributed by atoms with van der Waals surface area (Å²) in [6.45, 7) is -0.397. The van der Waals surface area contributed by atoms with Gasteiger partial charge in [-0.2, -0.15) is 0 Å². The van der Waals surface area contributed by atoms with Crippen molar-refractivity contribution < 1.29 is 15.0 Å². The lowest BCUT2D eigenvalue weighted by molar-refractivity contribution is 0.0799. The van der Waals surface area contributed by atoms with Crippen LogP contribution in [-0.2, 0) is 0 Å². The number of nitrogens with one attached hydrogen (secondary N) is 1. The first kappa shape index (κ1) is 10.9.